The predicted octanol–water partition coefficient (Wildman–Crippen LogP) is 1.39. The minimum absolute atomic E-state index is 0.284. The SMILES string of the molecule is CCC1(C(C)C)CCNC1CO. The Bertz CT molecular complexity index is 147. The summed E-state index contributed by atoms with van der Waals surface area (Å²) in [5.74, 6) is 0.662. The van der Waals surface area contributed by atoms with Crippen molar-refractivity contribution in [3.05, 3.63) is 0 Å². The number of nitrogens with one attached hydrogen (secondary N) is 1. The first-order valence-electron chi connectivity index (χ1n) is 5.01. The lowest BCUT2D eigenvalue weighted by Gasteiger charge is -2.37. The van der Waals surface area contributed by atoms with Crippen LogP contribution in [0.25, 0.3) is 0 Å². The van der Waals surface area contributed by atoms with Crippen LogP contribution in [0.3, 0.4) is 0 Å². The third kappa shape index (κ3) is 1.38. The second-order valence-electron chi connectivity index (χ2n) is 4.18. The zero-order chi connectivity index (χ0) is 9.19. The Morgan fingerprint density at radius 2 is 2.25 bits per heavy atom. The molecule has 0 amide bonds. The van der Waals surface area contributed by atoms with E-state index in [0.29, 0.717) is 17.4 Å². The summed E-state index contributed by atoms with van der Waals surface area (Å²) in [6, 6.07) is 0.322. The van der Waals surface area contributed by atoms with Gasteiger partial charge in [-0.3, -0.25) is 0 Å². The summed E-state index contributed by atoms with van der Waals surface area (Å²) >= 11 is 0. The molecule has 0 spiro atoms. The molecule has 2 N–H and O–H groups in total. The molecule has 0 aliphatic carbocycles. The molecule has 0 aromatic carbocycles. The van der Waals surface area contributed by atoms with Crippen molar-refractivity contribution in [3.8, 4) is 0 Å². The van der Waals surface area contributed by atoms with Gasteiger partial charge in [0.05, 0.1) is 6.61 Å². The summed E-state index contributed by atoms with van der Waals surface area (Å²) < 4.78 is 0. The second kappa shape index (κ2) is 3.75. The molecule has 12 heavy (non-hydrogen) atoms. The zero-order valence-corrected chi connectivity index (χ0v) is 8.43. The lowest BCUT2D eigenvalue weighted by atomic mass is 9.70. The summed E-state index contributed by atoms with van der Waals surface area (Å²) in [5, 5.41) is 12.6. The Balaban J connectivity index is 2.75. The molecule has 0 saturated carbocycles. The van der Waals surface area contributed by atoms with Crippen molar-refractivity contribution in [2.75, 3.05) is 13.2 Å². The maximum Gasteiger partial charge on any atom is 0.0590 e. The van der Waals surface area contributed by atoms with Crippen LogP contribution in [0.1, 0.15) is 33.6 Å². The fourth-order valence-electron chi connectivity index (χ4n) is 2.63. The lowest BCUT2D eigenvalue weighted by molar-refractivity contribution is 0.104. The van der Waals surface area contributed by atoms with Crippen molar-refractivity contribution >= 4 is 0 Å². The minimum Gasteiger partial charge on any atom is -0.395 e. The van der Waals surface area contributed by atoms with Gasteiger partial charge >= 0.3 is 0 Å². The maximum absolute atomic E-state index is 9.22. The molecule has 2 atom stereocenters. The van der Waals surface area contributed by atoms with Crippen molar-refractivity contribution in [2.24, 2.45) is 11.3 Å². The van der Waals surface area contributed by atoms with E-state index in [1.807, 2.05) is 0 Å². The molecule has 1 saturated heterocycles. The highest BCUT2D eigenvalue weighted by Crippen LogP contribution is 2.41. The highest BCUT2D eigenvalue weighted by molar-refractivity contribution is 4.97. The van der Waals surface area contributed by atoms with Crippen LogP contribution in [0.5, 0.6) is 0 Å². The summed E-state index contributed by atoms with van der Waals surface area (Å²) in [4.78, 5) is 0. The third-order valence-corrected chi connectivity index (χ3v) is 3.67. The van der Waals surface area contributed by atoms with Gasteiger partial charge in [0.25, 0.3) is 0 Å². The fraction of sp³-hybridized carbons (Fsp3) is 1.00. The van der Waals surface area contributed by atoms with Gasteiger partial charge in [-0.15, -0.1) is 0 Å². The lowest BCUT2D eigenvalue weighted by Crippen LogP contribution is -2.42. The van der Waals surface area contributed by atoms with Crippen LogP contribution >= 0.6 is 0 Å². The van der Waals surface area contributed by atoms with Gasteiger partial charge in [-0.05, 0) is 30.7 Å². The normalized spacial score (nSPS) is 36.2. The Morgan fingerprint density at radius 1 is 1.58 bits per heavy atom. The van der Waals surface area contributed by atoms with Gasteiger partial charge in [-0.1, -0.05) is 20.8 Å². The first kappa shape index (κ1) is 10.0. The second-order valence-corrected chi connectivity index (χ2v) is 4.18. The van der Waals surface area contributed by atoms with Crippen molar-refractivity contribution < 1.29 is 5.11 Å². The highest BCUT2D eigenvalue weighted by Gasteiger charge is 2.42. The highest BCUT2D eigenvalue weighted by atomic mass is 16.3. The topological polar surface area (TPSA) is 32.3 Å². The Kier molecular flexibility index (Phi) is 3.13. The van der Waals surface area contributed by atoms with Crippen LogP contribution in [0.2, 0.25) is 0 Å². The van der Waals surface area contributed by atoms with Gasteiger partial charge in [0.1, 0.15) is 0 Å². The van der Waals surface area contributed by atoms with Crippen LogP contribution in [0.15, 0.2) is 0 Å². The molecule has 1 heterocycles. The van der Waals surface area contributed by atoms with Gasteiger partial charge in [-0.25, -0.2) is 0 Å². The van der Waals surface area contributed by atoms with Gasteiger partial charge < -0.3 is 10.4 Å². The molecule has 72 valence electrons. The van der Waals surface area contributed by atoms with Gasteiger partial charge in [-0.2, -0.15) is 0 Å². The number of rotatable bonds is 3. The molecule has 0 aromatic heterocycles. The standard InChI is InChI=1S/C10H21NO/c1-4-10(8(2)3)5-6-11-9(10)7-12/h8-9,11-12H,4-7H2,1-3H3. The van der Waals surface area contributed by atoms with Gasteiger partial charge in [0, 0.05) is 6.04 Å². The summed E-state index contributed by atoms with van der Waals surface area (Å²) in [5.41, 5.74) is 0.342. The van der Waals surface area contributed by atoms with Crippen LogP contribution in [0, 0.1) is 11.3 Å². The fourth-order valence-corrected chi connectivity index (χ4v) is 2.63. The molecule has 0 radical (unpaired) electrons. The van der Waals surface area contributed by atoms with E-state index >= 15 is 0 Å². The Morgan fingerprint density at radius 3 is 2.58 bits per heavy atom. The third-order valence-electron chi connectivity index (χ3n) is 3.67. The molecule has 1 fully saturated rings. The van der Waals surface area contributed by atoms with E-state index in [4.69, 9.17) is 0 Å². The first-order chi connectivity index (χ1) is 5.67. The molecule has 2 nitrogen and oxygen atoms in total. The number of hydrogen-bond acceptors (Lipinski definition) is 2. The van der Waals surface area contributed by atoms with Crippen molar-refractivity contribution in [3.63, 3.8) is 0 Å². The molecular weight excluding hydrogens is 150 g/mol. The zero-order valence-electron chi connectivity index (χ0n) is 8.43. The summed E-state index contributed by atoms with van der Waals surface area (Å²) in [7, 11) is 0. The molecular formula is C10H21NO. The van der Waals surface area contributed by atoms with Crippen molar-refractivity contribution in [1.29, 1.82) is 0 Å². The van der Waals surface area contributed by atoms with E-state index in [-0.39, 0.29) is 6.61 Å². The van der Waals surface area contributed by atoms with Crippen molar-refractivity contribution in [2.45, 2.75) is 39.7 Å². The Labute approximate surface area is 75.4 Å². The number of hydrogen-bond donors (Lipinski definition) is 2. The largest absolute Gasteiger partial charge is 0.395 e. The van der Waals surface area contributed by atoms with Crippen LogP contribution in [0.4, 0.5) is 0 Å². The molecule has 1 rings (SSSR count). The van der Waals surface area contributed by atoms with E-state index in [1.54, 1.807) is 0 Å². The van der Waals surface area contributed by atoms with Crippen LogP contribution in [-0.2, 0) is 0 Å². The van der Waals surface area contributed by atoms with E-state index < -0.39 is 0 Å². The van der Waals surface area contributed by atoms with Crippen LogP contribution in [-0.4, -0.2) is 24.3 Å². The van der Waals surface area contributed by atoms with Gasteiger partial charge in [0.2, 0.25) is 0 Å². The first-order valence-corrected chi connectivity index (χ1v) is 5.01. The Hall–Kier alpha value is -0.0800. The summed E-state index contributed by atoms with van der Waals surface area (Å²) in [6.45, 7) is 8.11. The van der Waals surface area contributed by atoms with E-state index in [0.717, 1.165) is 6.54 Å². The summed E-state index contributed by atoms with van der Waals surface area (Å²) in [6.07, 6.45) is 2.38. The number of aliphatic hydroxyl groups excluding tert-OH is 1. The van der Waals surface area contributed by atoms with Crippen LogP contribution < -0.4 is 5.32 Å². The van der Waals surface area contributed by atoms with E-state index in [9.17, 15) is 5.11 Å². The molecule has 2 unspecified atom stereocenters. The molecule has 1 aliphatic heterocycles. The quantitative estimate of drug-likeness (QED) is 0.672. The molecule has 0 aromatic rings. The molecule has 2 heteroatoms. The van der Waals surface area contributed by atoms with E-state index in [1.165, 1.54) is 12.8 Å². The average molecular weight is 171 g/mol. The maximum atomic E-state index is 9.22. The van der Waals surface area contributed by atoms with E-state index in [2.05, 4.69) is 26.1 Å². The average Bonchev–Trinajstić information content (AvgIpc) is 2.47. The van der Waals surface area contributed by atoms with Gasteiger partial charge in [0.15, 0.2) is 0 Å². The minimum atomic E-state index is 0.284. The predicted molar refractivity (Wildman–Crippen MR) is 51.1 cm³/mol. The van der Waals surface area contributed by atoms with Crippen molar-refractivity contribution in [1.82, 2.24) is 5.32 Å². The molecule has 1 aliphatic rings. The monoisotopic (exact) mass is 171 g/mol. The smallest absolute Gasteiger partial charge is 0.0590 e. The number of aliphatic hydroxyl groups is 1. The molecule has 0 bridgehead atoms.